The van der Waals surface area contributed by atoms with Gasteiger partial charge in [0.25, 0.3) is 0 Å². The number of amides is 1. The van der Waals surface area contributed by atoms with Crippen molar-refractivity contribution in [2.45, 2.75) is 58.9 Å². The molecule has 0 saturated carbocycles. The van der Waals surface area contributed by atoms with Gasteiger partial charge in [-0.25, -0.2) is 0 Å². The van der Waals surface area contributed by atoms with Crippen molar-refractivity contribution in [2.75, 3.05) is 6.54 Å². The van der Waals surface area contributed by atoms with Crippen molar-refractivity contribution in [1.29, 1.82) is 0 Å². The maximum Gasteiger partial charge on any atom is 0.221 e. The maximum absolute atomic E-state index is 11.4. The van der Waals surface area contributed by atoms with Gasteiger partial charge in [-0.05, 0) is 26.2 Å². The average Bonchev–Trinajstić information content (AvgIpc) is 1.99. The average molecular weight is 214 g/mol. The van der Waals surface area contributed by atoms with Gasteiger partial charge in [0.05, 0.1) is 0 Å². The van der Waals surface area contributed by atoms with Crippen molar-refractivity contribution in [1.82, 2.24) is 5.32 Å². The number of nitrogens with one attached hydrogen (secondary N) is 1. The third-order valence-corrected chi connectivity index (χ3v) is 2.15. The molecule has 0 aliphatic carbocycles. The van der Waals surface area contributed by atoms with Crippen LogP contribution < -0.4 is 11.1 Å². The first kappa shape index (κ1) is 14.4. The number of carbonyl (C=O) groups excluding carboxylic acids is 1. The van der Waals surface area contributed by atoms with E-state index in [-0.39, 0.29) is 5.91 Å². The number of nitrogens with two attached hydrogens (primary N) is 1. The molecule has 0 aromatic rings. The topological polar surface area (TPSA) is 55.1 Å². The molecule has 0 aromatic heterocycles. The van der Waals surface area contributed by atoms with Gasteiger partial charge >= 0.3 is 0 Å². The van der Waals surface area contributed by atoms with Gasteiger partial charge in [-0.15, -0.1) is 0 Å². The van der Waals surface area contributed by atoms with Crippen LogP contribution >= 0.6 is 0 Å². The highest BCUT2D eigenvalue weighted by molar-refractivity contribution is 5.76. The summed E-state index contributed by atoms with van der Waals surface area (Å²) < 4.78 is 0. The van der Waals surface area contributed by atoms with E-state index in [1.807, 2.05) is 13.8 Å². The minimum Gasteiger partial charge on any atom is -0.356 e. The number of hydrogen-bond acceptors (Lipinski definition) is 2. The van der Waals surface area contributed by atoms with Crippen LogP contribution in [-0.2, 0) is 4.79 Å². The highest BCUT2D eigenvalue weighted by Gasteiger charge is 2.15. The molecule has 3 heteroatoms. The van der Waals surface area contributed by atoms with Crippen molar-refractivity contribution in [3.63, 3.8) is 0 Å². The van der Waals surface area contributed by atoms with E-state index in [0.717, 1.165) is 18.9 Å². The molecule has 0 heterocycles. The SMILES string of the molecule is CC(C)CCCCNC(=O)CC(C)(C)N. The van der Waals surface area contributed by atoms with Gasteiger partial charge in [-0.3, -0.25) is 4.79 Å². The Morgan fingerprint density at radius 3 is 2.40 bits per heavy atom. The Balaban J connectivity index is 3.40. The molecule has 0 atom stereocenters. The number of rotatable bonds is 7. The molecule has 0 spiro atoms. The largest absolute Gasteiger partial charge is 0.356 e. The summed E-state index contributed by atoms with van der Waals surface area (Å²) >= 11 is 0. The van der Waals surface area contributed by atoms with Crippen LogP contribution in [0.25, 0.3) is 0 Å². The first-order valence-corrected chi connectivity index (χ1v) is 5.87. The fourth-order valence-corrected chi connectivity index (χ4v) is 1.38. The summed E-state index contributed by atoms with van der Waals surface area (Å²) in [5.74, 6) is 0.815. The van der Waals surface area contributed by atoms with E-state index in [9.17, 15) is 4.79 Å². The lowest BCUT2D eigenvalue weighted by Gasteiger charge is -2.17. The Morgan fingerprint density at radius 1 is 1.33 bits per heavy atom. The molecule has 3 nitrogen and oxygen atoms in total. The van der Waals surface area contributed by atoms with Gasteiger partial charge in [0, 0.05) is 18.5 Å². The molecule has 0 aromatic carbocycles. The zero-order chi connectivity index (χ0) is 11.9. The summed E-state index contributed by atoms with van der Waals surface area (Å²) in [6.45, 7) is 8.95. The van der Waals surface area contributed by atoms with E-state index in [2.05, 4.69) is 19.2 Å². The monoisotopic (exact) mass is 214 g/mol. The van der Waals surface area contributed by atoms with Crippen molar-refractivity contribution in [3.8, 4) is 0 Å². The van der Waals surface area contributed by atoms with Crippen molar-refractivity contribution < 1.29 is 4.79 Å². The fraction of sp³-hybridized carbons (Fsp3) is 0.917. The van der Waals surface area contributed by atoms with Gasteiger partial charge in [0.15, 0.2) is 0 Å². The second-order valence-corrected chi connectivity index (χ2v) is 5.40. The quantitative estimate of drug-likeness (QED) is 0.637. The molecule has 0 saturated heterocycles. The summed E-state index contributed by atoms with van der Waals surface area (Å²) in [4.78, 5) is 11.4. The van der Waals surface area contributed by atoms with E-state index < -0.39 is 5.54 Å². The van der Waals surface area contributed by atoms with Gasteiger partial charge in [0.2, 0.25) is 5.91 Å². The molecule has 0 bridgehead atoms. The lowest BCUT2D eigenvalue weighted by molar-refractivity contribution is -0.122. The van der Waals surface area contributed by atoms with E-state index in [4.69, 9.17) is 5.73 Å². The van der Waals surface area contributed by atoms with Gasteiger partial charge < -0.3 is 11.1 Å². The highest BCUT2D eigenvalue weighted by atomic mass is 16.1. The molecule has 0 aliphatic heterocycles. The summed E-state index contributed by atoms with van der Waals surface area (Å²) in [5.41, 5.74) is 5.34. The van der Waals surface area contributed by atoms with E-state index in [0.29, 0.717) is 6.42 Å². The van der Waals surface area contributed by atoms with Gasteiger partial charge in [0.1, 0.15) is 0 Å². The van der Waals surface area contributed by atoms with Crippen LogP contribution in [0.2, 0.25) is 0 Å². The Hall–Kier alpha value is -0.570. The molecular formula is C12H26N2O. The smallest absolute Gasteiger partial charge is 0.221 e. The van der Waals surface area contributed by atoms with Crippen LogP contribution in [-0.4, -0.2) is 18.0 Å². The van der Waals surface area contributed by atoms with Crippen LogP contribution in [0.4, 0.5) is 0 Å². The molecular weight excluding hydrogens is 188 g/mol. The summed E-state index contributed by atoms with van der Waals surface area (Å²) in [7, 11) is 0. The van der Waals surface area contributed by atoms with Crippen molar-refractivity contribution in [2.24, 2.45) is 11.7 Å². The van der Waals surface area contributed by atoms with Gasteiger partial charge in [-0.2, -0.15) is 0 Å². The first-order valence-electron chi connectivity index (χ1n) is 5.87. The van der Waals surface area contributed by atoms with Gasteiger partial charge in [-0.1, -0.05) is 26.7 Å². The molecule has 0 rings (SSSR count). The summed E-state index contributed by atoms with van der Waals surface area (Å²) in [6, 6.07) is 0. The lowest BCUT2D eigenvalue weighted by Crippen LogP contribution is -2.39. The summed E-state index contributed by atoms with van der Waals surface area (Å²) in [5, 5.41) is 2.89. The Bertz CT molecular complexity index is 183. The lowest BCUT2D eigenvalue weighted by atomic mass is 10.0. The Labute approximate surface area is 93.8 Å². The molecule has 0 radical (unpaired) electrons. The van der Waals surface area contributed by atoms with Crippen LogP contribution in [0.1, 0.15) is 53.4 Å². The van der Waals surface area contributed by atoms with E-state index in [1.54, 1.807) is 0 Å². The molecule has 3 N–H and O–H groups in total. The van der Waals surface area contributed by atoms with E-state index >= 15 is 0 Å². The zero-order valence-electron chi connectivity index (χ0n) is 10.6. The van der Waals surface area contributed by atoms with E-state index in [1.165, 1.54) is 12.8 Å². The number of unbranched alkanes of at least 4 members (excludes halogenated alkanes) is 1. The highest BCUT2D eigenvalue weighted by Crippen LogP contribution is 2.06. The third-order valence-electron chi connectivity index (χ3n) is 2.15. The maximum atomic E-state index is 11.4. The van der Waals surface area contributed by atoms with Crippen LogP contribution in [0.3, 0.4) is 0 Å². The predicted octanol–water partition coefficient (Wildman–Crippen LogP) is 2.06. The van der Waals surface area contributed by atoms with Crippen LogP contribution in [0, 0.1) is 5.92 Å². The molecule has 1 amide bonds. The number of hydrogen-bond donors (Lipinski definition) is 2. The third kappa shape index (κ3) is 11.4. The molecule has 0 fully saturated rings. The second-order valence-electron chi connectivity index (χ2n) is 5.40. The molecule has 90 valence electrons. The number of carbonyl (C=O) groups is 1. The molecule has 15 heavy (non-hydrogen) atoms. The van der Waals surface area contributed by atoms with Crippen LogP contribution in [0.5, 0.6) is 0 Å². The van der Waals surface area contributed by atoms with Crippen molar-refractivity contribution >= 4 is 5.91 Å². The molecule has 0 unspecified atom stereocenters. The Morgan fingerprint density at radius 2 is 1.93 bits per heavy atom. The minimum absolute atomic E-state index is 0.0621. The van der Waals surface area contributed by atoms with Crippen molar-refractivity contribution in [3.05, 3.63) is 0 Å². The predicted molar refractivity (Wildman–Crippen MR) is 64.6 cm³/mol. The standard InChI is InChI=1S/C12H26N2O/c1-10(2)7-5-6-8-14-11(15)9-12(3,4)13/h10H,5-9,13H2,1-4H3,(H,14,15). The molecule has 0 aliphatic rings. The fourth-order valence-electron chi connectivity index (χ4n) is 1.38. The minimum atomic E-state index is -0.401. The Kier molecular flexibility index (Phi) is 6.57. The zero-order valence-corrected chi connectivity index (χ0v) is 10.6. The summed E-state index contributed by atoms with van der Waals surface area (Å²) in [6.07, 6.45) is 3.88. The normalized spacial score (nSPS) is 11.9. The second kappa shape index (κ2) is 6.83. The first-order chi connectivity index (χ1) is 6.81. The van der Waals surface area contributed by atoms with Crippen LogP contribution in [0.15, 0.2) is 0 Å².